The molecule has 0 saturated heterocycles. The van der Waals surface area contributed by atoms with Gasteiger partial charge in [-0.15, -0.1) is 0 Å². The highest BCUT2D eigenvalue weighted by Crippen LogP contribution is 2.28. The standard InChI is InChI=1S/C13H15FN2O2/c14-10-3-1-2-8(6-10)7-11(12(15)17)16-13(18)9-4-5-9/h1-3,6,9,11H,4-5,7H2,(H2,15,17)(H,16,18)/t11-/m1/s1. The van der Waals surface area contributed by atoms with E-state index in [-0.39, 0.29) is 24.1 Å². The van der Waals surface area contributed by atoms with Crippen LogP contribution in [0.15, 0.2) is 24.3 Å². The Hall–Kier alpha value is -1.91. The van der Waals surface area contributed by atoms with Gasteiger partial charge in [-0.25, -0.2) is 4.39 Å². The molecular weight excluding hydrogens is 235 g/mol. The van der Waals surface area contributed by atoms with E-state index in [0.717, 1.165) is 12.8 Å². The van der Waals surface area contributed by atoms with Gasteiger partial charge >= 0.3 is 0 Å². The molecule has 4 nitrogen and oxygen atoms in total. The third-order valence-corrected chi connectivity index (χ3v) is 2.94. The first-order valence-electron chi connectivity index (χ1n) is 5.90. The van der Waals surface area contributed by atoms with E-state index in [1.165, 1.54) is 12.1 Å². The number of rotatable bonds is 5. The molecule has 0 spiro atoms. The molecule has 0 heterocycles. The first-order chi connectivity index (χ1) is 8.56. The van der Waals surface area contributed by atoms with Crippen LogP contribution in [0, 0.1) is 11.7 Å². The topological polar surface area (TPSA) is 72.2 Å². The van der Waals surface area contributed by atoms with Crippen molar-refractivity contribution in [3.8, 4) is 0 Å². The van der Waals surface area contributed by atoms with Gasteiger partial charge in [0.2, 0.25) is 11.8 Å². The number of benzene rings is 1. The second-order valence-electron chi connectivity index (χ2n) is 4.57. The highest BCUT2D eigenvalue weighted by molar-refractivity contribution is 5.88. The number of amides is 2. The summed E-state index contributed by atoms with van der Waals surface area (Å²) in [6, 6.07) is 5.14. The van der Waals surface area contributed by atoms with Crippen LogP contribution in [-0.2, 0) is 16.0 Å². The summed E-state index contributed by atoms with van der Waals surface area (Å²) in [7, 11) is 0. The largest absolute Gasteiger partial charge is 0.368 e. The molecule has 18 heavy (non-hydrogen) atoms. The Morgan fingerprint density at radius 3 is 2.72 bits per heavy atom. The van der Waals surface area contributed by atoms with E-state index in [4.69, 9.17) is 5.73 Å². The molecule has 1 saturated carbocycles. The smallest absolute Gasteiger partial charge is 0.240 e. The van der Waals surface area contributed by atoms with Gasteiger partial charge in [0.1, 0.15) is 11.9 Å². The van der Waals surface area contributed by atoms with E-state index >= 15 is 0 Å². The first kappa shape index (κ1) is 12.5. The highest BCUT2D eigenvalue weighted by atomic mass is 19.1. The normalized spacial score (nSPS) is 16.1. The fourth-order valence-electron chi connectivity index (χ4n) is 1.76. The van der Waals surface area contributed by atoms with Crippen LogP contribution in [0.1, 0.15) is 18.4 Å². The Morgan fingerprint density at radius 2 is 2.17 bits per heavy atom. The molecule has 1 aromatic rings. The monoisotopic (exact) mass is 250 g/mol. The molecule has 0 bridgehead atoms. The second kappa shape index (κ2) is 5.16. The lowest BCUT2D eigenvalue weighted by molar-refractivity contribution is -0.128. The molecule has 0 unspecified atom stereocenters. The second-order valence-corrected chi connectivity index (χ2v) is 4.57. The van der Waals surface area contributed by atoms with Crippen molar-refractivity contribution in [1.82, 2.24) is 5.32 Å². The summed E-state index contributed by atoms with van der Waals surface area (Å²) >= 11 is 0. The fraction of sp³-hybridized carbons (Fsp3) is 0.385. The molecule has 1 atom stereocenters. The van der Waals surface area contributed by atoms with E-state index in [9.17, 15) is 14.0 Å². The highest BCUT2D eigenvalue weighted by Gasteiger charge is 2.32. The zero-order valence-electron chi connectivity index (χ0n) is 9.86. The minimum Gasteiger partial charge on any atom is -0.368 e. The molecule has 5 heteroatoms. The van der Waals surface area contributed by atoms with Crippen LogP contribution in [0.3, 0.4) is 0 Å². The predicted octanol–water partition coefficient (Wildman–Crippen LogP) is 0.748. The van der Waals surface area contributed by atoms with Gasteiger partial charge in [-0.2, -0.15) is 0 Å². The summed E-state index contributed by atoms with van der Waals surface area (Å²) in [5.74, 6) is -1.10. The number of hydrogen-bond acceptors (Lipinski definition) is 2. The molecule has 0 aliphatic heterocycles. The molecule has 1 aliphatic rings. The van der Waals surface area contributed by atoms with Crippen molar-refractivity contribution >= 4 is 11.8 Å². The Balaban J connectivity index is 2.01. The van der Waals surface area contributed by atoms with Crippen LogP contribution < -0.4 is 11.1 Å². The zero-order valence-corrected chi connectivity index (χ0v) is 9.86. The van der Waals surface area contributed by atoms with Crippen molar-refractivity contribution in [2.24, 2.45) is 11.7 Å². The van der Waals surface area contributed by atoms with E-state index in [1.54, 1.807) is 12.1 Å². The maximum Gasteiger partial charge on any atom is 0.240 e. The molecule has 96 valence electrons. The lowest BCUT2D eigenvalue weighted by Gasteiger charge is -2.15. The summed E-state index contributed by atoms with van der Waals surface area (Å²) in [6.45, 7) is 0. The van der Waals surface area contributed by atoms with Gasteiger partial charge < -0.3 is 11.1 Å². The molecule has 0 radical (unpaired) electrons. The minimum atomic E-state index is -0.778. The Kier molecular flexibility index (Phi) is 3.60. The lowest BCUT2D eigenvalue weighted by Crippen LogP contribution is -2.46. The average Bonchev–Trinajstić information content (AvgIpc) is 3.11. The van der Waals surface area contributed by atoms with Crippen LogP contribution in [0.2, 0.25) is 0 Å². The van der Waals surface area contributed by atoms with Gasteiger partial charge in [-0.3, -0.25) is 9.59 Å². The summed E-state index contributed by atoms with van der Waals surface area (Å²) in [5.41, 5.74) is 5.88. The van der Waals surface area contributed by atoms with Gasteiger partial charge in [0.15, 0.2) is 0 Å². The third-order valence-electron chi connectivity index (χ3n) is 2.94. The van der Waals surface area contributed by atoms with Gasteiger partial charge in [-0.05, 0) is 30.5 Å². The Bertz CT molecular complexity index is 472. The number of hydrogen-bond donors (Lipinski definition) is 2. The number of nitrogens with one attached hydrogen (secondary N) is 1. The summed E-state index contributed by atoms with van der Waals surface area (Å²) < 4.78 is 13.0. The summed E-state index contributed by atoms with van der Waals surface area (Å²) in [6.07, 6.45) is 1.93. The predicted molar refractivity (Wildman–Crippen MR) is 64.0 cm³/mol. The molecule has 0 aromatic heterocycles. The van der Waals surface area contributed by atoms with Crippen LogP contribution >= 0.6 is 0 Å². The number of carbonyl (C=O) groups excluding carboxylic acids is 2. The third kappa shape index (κ3) is 3.29. The van der Waals surface area contributed by atoms with Crippen molar-refractivity contribution in [2.45, 2.75) is 25.3 Å². The molecule has 1 aromatic carbocycles. The number of halogens is 1. The minimum absolute atomic E-state index is 0.0133. The lowest BCUT2D eigenvalue weighted by atomic mass is 10.1. The first-order valence-corrected chi connectivity index (χ1v) is 5.90. The number of primary amides is 1. The van der Waals surface area contributed by atoms with E-state index in [2.05, 4.69) is 5.32 Å². The number of nitrogens with two attached hydrogens (primary N) is 1. The van der Waals surface area contributed by atoms with Crippen LogP contribution in [0.5, 0.6) is 0 Å². The molecule has 3 N–H and O–H groups in total. The van der Waals surface area contributed by atoms with E-state index in [1.807, 2.05) is 0 Å². The average molecular weight is 250 g/mol. The van der Waals surface area contributed by atoms with Crippen molar-refractivity contribution in [3.05, 3.63) is 35.6 Å². The van der Waals surface area contributed by atoms with E-state index < -0.39 is 11.9 Å². The zero-order chi connectivity index (χ0) is 13.1. The van der Waals surface area contributed by atoms with Crippen molar-refractivity contribution in [3.63, 3.8) is 0 Å². The summed E-state index contributed by atoms with van der Waals surface area (Å²) in [5, 5.41) is 2.61. The van der Waals surface area contributed by atoms with Crippen LogP contribution in [0.4, 0.5) is 4.39 Å². The van der Waals surface area contributed by atoms with Gasteiger partial charge in [-0.1, -0.05) is 12.1 Å². The summed E-state index contributed by atoms with van der Waals surface area (Å²) in [4.78, 5) is 22.9. The fourth-order valence-corrected chi connectivity index (χ4v) is 1.76. The Morgan fingerprint density at radius 1 is 1.44 bits per heavy atom. The molecule has 2 rings (SSSR count). The van der Waals surface area contributed by atoms with Crippen molar-refractivity contribution in [1.29, 1.82) is 0 Å². The van der Waals surface area contributed by atoms with Gasteiger partial charge in [0.05, 0.1) is 0 Å². The van der Waals surface area contributed by atoms with Crippen molar-refractivity contribution in [2.75, 3.05) is 0 Å². The van der Waals surface area contributed by atoms with Crippen LogP contribution in [0.25, 0.3) is 0 Å². The molecule has 1 aliphatic carbocycles. The van der Waals surface area contributed by atoms with E-state index in [0.29, 0.717) is 5.56 Å². The molecular formula is C13H15FN2O2. The molecule has 2 amide bonds. The maximum atomic E-state index is 13.0. The van der Waals surface area contributed by atoms with Crippen LogP contribution in [-0.4, -0.2) is 17.9 Å². The van der Waals surface area contributed by atoms with Crippen molar-refractivity contribution < 1.29 is 14.0 Å². The quantitative estimate of drug-likeness (QED) is 0.809. The maximum absolute atomic E-state index is 13.0. The van der Waals surface area contributed by atoms with Gasteiger partial charge in [0, 0.05) is 12.3 Å². The van der Waals surface area contributed by atoms with Gasteiger partial charge in [0.25, 0.3) is 0 Å². The SMILES string of the molecule is NC(=O)[C@@H](Cc1cccc(F)c1)NC(=O)C1CC1. The Labute approximate surface area is 104 Å². The molecule has 1 fully saturated rings. The number of carbonyl (C=O) groups is 2.